The van der Waals surface area contributed by atoms with Crippen LogP contribution in [-0.2, 0) is 9.47 Å². The van der Waals surface area contributed by atoms with Crippen LogP contribution in [-0.4, -0.2) is 32.6 Å². The highest BCUT2D eigenvalue weighted by Gasteiger charge is 2.12. The van der Waals surface area contributed by atoms with E-state index < -0.39 is 0 Å². The fourth-order valence-corrected chi connectivity index (χ4v) is 1.73. The van der Waals surface area contributed by atoms with Crippen LogP contribution in [0.1, 0.15) is 39.5 Å². The molecule has 1 atom stereocenters. The average Bonchev–Trinajstić information content (AvgIpc) is 2.24. The van der Waals surface area contributed by atoms with Gasteiger partial charge in [-0.2, -0.15) is 0 Å². The molecule has 0 spiro atoms. The maximum absolute atomic E-state index is 5.44. The molecule has 0 radical (unpaired) electrons. The highest BCUT2D eigenvalue weighted by atomic mass is 16.7. The van der Waals surface area contributed by atoms with Gasteiger partial charge in [-0.25, -0.2) is 0 Å². The van der Waals surface area contributed by atoms with Gasteiger partial charge in [-0.3, -0.25) is 0 Å². The SMILES string of the molecule is CC(C)CCCCNCC1CCOCO1. The maximum Gasteiger partial charge on any atom is 0.147 e. The molecular weight excluding hydrogens is 190 g/mol. The van der Waals surface area contributed by atoms with Crippen LogP contribution in [0.2, 0.25) is 0 Å². The number of nitrogens with one attached hydrogen (secondary N) is 1. The zero-order chi connectivity index (χ0) is 10.9. The van der Waals surface area contributed by atoms with Crippen molar-refractivity contribution in [2.75, 3.05) is 26.5 Å². The molecule has 0 amide bonds. The molecular formula is C12H25NO2. The zero-order valence-electron chi connectivity index (χ0n) is 10.1. The Morgan fingerprint density at radius 1 is 1.33 bits per heavy atom. The van der Waals surface area contributed by atoms with Crippen LogP contribution in [0.15, 0.2) is 0 Å². The standard InChI is InChI=1S/C12H25NO2/c1-11(2)5-3-4-7-13-9-12-6-8-14-10-15-12/h11-13H,3-10H2,1-2H3. The van der Waals surface area contributed by atoms with E-state index in [-0.39, 0.29) is 0 Å². The summed E-state index contributed by atoms with van der Waals surface area (Å²) in [5.41, 5.74) is 0. The van der Waals surface area contributed by atoms with Crippen molar-refractivity contribution in [3.05, 3.63) is 0 Å². The molecule has 1 fully saturated rings. The molecule has 0 aliphatic carbocycles. The summed E-state index contributed by atoms with van der Waals surface area (Å²) in [5.74, 6) is 0.837. The Bertz CT molecular complexity index is 145. The lowest BCUT2D eigenvalue weighted by molar-refractivity contribution is -0.137. The van der Waals surface area contributed by atoms with E-state index in [1.54, 1.807) is 0 Å². The van der Waals surface area contributed by atoms with Gasteiger partial charge in [0.1, 0.15) is 6.79 Å². The van der Waals surface area contributed by atoms with Gasteiger partial charge < -0.3 is 14.8 Å². The van der Waals surface area contributed by atoms with Crippen molar-refractivity contribution in [1.82, 2.24) is 5.32 Å². The molecule has 1 N–H and O–H groups in total. The van der Waals surface area contributed by atoms with E-state index in [9.17, 15) is 0 Å². The van der Waals surface area contributed by atoms with Crippen molar-refractivity contribution in [1.29, 1.82) is 0 Å². The molecule has 0 aromatic rings. The second kappa shape index (κ2) is 8.08. The number of ether oxygens (including phenoxy) is 2. The summed E-state index contributed by atoms with van der Waals surface area (Å²) in [6.07, 6.45) is 5.35. The highest BCUT2D eigenvalue weighted by Crippen LogP contribution is 2.06. The number of hydrogen-bond donors (Lipinski definition) is 1. The quantitative estimate of drug-likeness (QED) is 0.660. The Hall–Kier alpha value is -0.120. The molecule has 0 aromatic heterocycles. The molecule has 3 heteroatoms. The molecule has 1 heterocycles. The smallest absolute Gasteiger partial charge is 0.147 e. The number of rotatable bonds is 7. The summed E-state index contributed by atoms with van der Waals surface area (Å²) in [4.78, 5) is 0. The Labute approximate surface area is 93.5 Å². The largest absolute Gasteiger partial charge is 0.355 e. The first kappa shape index (κ1) is 12.9. The fraction of sp³-hybridized carbons (Fsp3) is 1.00. The van der Waals surface area contributed by atoms with Gasteiger partial charge in [-0.05, 0) is 25.3 Å². The van der Waals surface area contributed by atoms with E-state index in [1.165, 1.54) is 19.3 Å². The normalized spacial score (nSPS) is 22.2. The Balaban J connectivity index is 1.83. The van der Waals surface area contributed by atoms with Crippen LogP contribution in [0.5, 0.6) is 0 Å². The topological polar surface area (TPSA) is 30.5 Å². The van der Waals surface area contributed by atoms with Gasteiger partial charge in [0.25, 0.3) is 0 Å². The van der Waals surface area contributed by atoms with Gasteiger partial charge in [-0.15, -0.1) is 0 Å². The minimum absolute atomic E-state index is 0.365. The molecule has 1 saturated heterocycles. The molecule has 1 rings (SSSR count). The van der Waals surface area contributed by atoms with E-state index in [4.69, 9.17) is 9.47 Å². The van der Waals surface area contributed by atoms with Gasteiger partial charge in [0, 0.05) is 6.54 Å². The van der Waals surface area contributed by atoms with Crippen molar-refractivity contribution in [2.24, 2.45) is 5.92 Å². The first-order valence-electron chi connectivity index (χ1n) is 6.19. The second-order valence-corrected chi connectivity index (χ2v) is 4.70. The first-order chi connectivity index (χ1) is 7.29. The third-order valence-corrected chi connectivity index (χ3v) is 2.73. The van der Waals surface area contributed by atoms with Crippen LogP contribution in [0, 0.1) is 5.92 Å². The number of unbranched alkanes of at least 4 members (excludes halogenated alkanes) is 1. The lowest BCUT2D eigenvalue weighted by Crippen LogP contribution is -2.34. The third kappa shape index (κ3) is 6.88. The average molecular weight is 215 g/mol. The minimum Gasteiger partial charge on any atom is -0.355 e. The molecule has 90 valence electrons. The van der Waals surface area contributed by atoms with Crippen LogP contribution in [0.4, 0.5) is 0 Å². The third-order valence-electron chi connectivity index (χ3n) is 2.73. The van der Waals surface area contributed by atoms with E-state index >= 15 is 0 Å². The van der Waals surface area contributed by atoms with Gasteiger partial charge in [0.05, 0.1) is 12.7 Å². The minimum atomic E-state index is 0.365. The Morgan fingerprint density at radius 3 is 2.87 bits per heavy atom. The fourth-order valence-electron chi connectivity index (χ4n) is 1.73. The highest BCUT2D eigenvalue weighted by molar-refractivity contribution is 4.63. The first-order valence-corrected chi connectivity index (χ1v) is 6.19. The molecule has 1 unspecified atom stereocenters. The maximum atomic E-state index is 5.44. The summed E-state index contributed by atoms with van der Waals surface area (Å²) >= 11 is 0. The molecule has 3 nitrogen and oxygen atoms in total. The van der Waals surface area contributed by atoms with Gasteiger partial charge in [0.2, 0.25) is 0 Å². The van der Waals surface area contributed by atoms with E-state index in [0.717, 1.165) is 32.0 Å². The van der Waals surface area contributed by atoms with Gasteiger partial charge >= 0.3 is 0 Å². The predicted molar refractivity (Wildman–Crippen MR) is 61.9 cm³/mol. The molecule has 0 aromatic carbocycles. The van der Waals surface area contributed by atoms with E-state index in [0.29, 0.717) is 12.9 Å². The van der Waals surface area contributed by atoms with Gasteiger partial charge in [-0.1, -0.05) is 26.7 Å². The van der Waals surface area contributed by atoms with Crippen LogP contribution < -0.4 is 5.32 Å². The number of hydrogen-bond acceptors (Lipinski definition) is 3. The summed E-state index contributed by atoms with van der Waals surface area (Å²) in [5, 5.41) is 3.45. The summed E-state index contributed by atoms with van der Waals surface area (Å²) in [6, 6.07) is 0. The summed E-state index contributed by atoms with van der Waals surface area (Å²) in [6.45, 7) is 7.98. The molecule has 15 heavy (non-hydrogen) atoms. The molecule has 1 aliphatic rings. The monoisotopic (exact) mass is 215 g/mol. The Morgan fingerprint density at radius 2 is 2.20 bits per heavy atom. The van der Waals surface area contributed by atoms with Crippen LogP contribution in [0.3, 0.4) is 0 Å². The molecule has 1 aliphatic heterocycles. The van der Waals surface area contributed by atoms with Crippen molar-refractivity contribution < 1.29 is 9.47 Å². The van der Waals surface area contributed by atoms with Crippen molar-refractivity contribution in [3.63, 3.8) is 0 Å². The predicted octanol–water partition coefficient (Wildman–Crippen LogP) is 2.17. The van der Waals surface area contributed by atoms with Gasteiger partial charge in [0.15, 0.2) is 0 Å². The lowest BCUT2D eigenvalue weighted by Gasteiger charge is -2.22. The lowest BCUT2D eigenvalue weighted by atomic mass is 10.1. The zero-order valence-corrected chi connectivity index (χ0v) is 10.1. The summed E-state index contributed by atoms with van der Waals surface area (Å²) < 4.78 is 10.6. The molecule has 0 bridgehead atoms. The summed E-state index contributed by atoms with van der Waals surface area (Å²) in [7, 11) is 0. The Kier molecular flexibility index (Phi) is 6.98. The van der Waals surface area contributed by atoms with E-state index in [1.807, 2.05) is 0 Å². The van der Waals surface area contributed by atoms with Crippen LogP contribution in [0.25, 0.3) is 0 Å². The van der Waals surface area contributed by atoms with E-state index in [2.05, 4.69) is 19.2 Å². The van der Waals surface area contributed by atoms with Crippen LogP contribution >= 0.6 is 0 Å². The second-order valence-electron chi connectivity index (χ2n) is 4.70. The van der Waals surface area contributed by atoms with Crippen molar-refractivity contribution in [3.8, 4) is 0 Å². The van der Waals surface area contributed by atoms with Crippen molar-refractivity contribution in [2.45, 2.75) is 45.6 Å². The molecule has 0 saturated carbocycles. The van der Waals surface area contributed by atoms with Crippen molar-refractivity contribution >= 4 is 0 Å².